The van der Waals surface area contributed by atoms with E-state index in [-0.39, 0.29) is 5.41 Å². The summed E-state index contributed by atoms with van der Waals surface area (Å²) in [5, 5.41) is 11.5. The molecule has 1 aliphatic carbocycles. The van der Waals surface area contributed by atoms with Crippen LogP contribution in [0.25, 0.3) is 60.3 Å². The lowest BCUT2D eigenvalue weighted by Crippen LogP contribution is -2.14. The number of aromatic nitrogens is 2. The Hall–Kier alpha value is -2.57. The predicted molar refractivity (Wildman–Crippen MR) is 141 cm³/mol. The summed E-state index contributed by atoms with van der Waals surface area (Å²) in [5.74, 6) is 0. The highest BCUT2D eigenvalue weighted by Gasteiger charge is 2.40. The summed E-state index contributed by atoms with van der Waals surface area (Å²) in [7, 11) is 0. The van der Waals surface area contributed by atoms with Crippen LogP contribution in [0.4, 0.5) is 0 Å². The standard InChI is InChI=1S/C27H17IN2S/c1-27(2)18-8-4-3-6-15(18)26-24(27)16-10-11-20-23-22-14(7-5-9-19(22)30(20)28)17-12-31-13-21(17)29(26)25(16)23/h3-13H,1-2H3. The summed E-state index contributed by atoms with van der Waals surface area (Å²) in [4.78, 5) is 0. The van der Waals surface area contributed by atoms with Crippen LogP contribution in [-0.2, 0) is 5.41 Å². The maximum Gasteiger partial charge on any atom is 0.0648 e. The third kappa shape index (κ3) is 1.72. The van der Waals surface area contributed by atoms with Gasteiger partial charge < -0.3 is 4.40 Å². The Morgan fingerprint density at radius 2 is 1.61 bits per heavy atom. The quantitative estimate of drug-likeness (QED) is 0.175. The molecule has 3 aromatic carbocycles. The van der Waals surface area contributed by atoms with E-state index in [1.54, 1.807) is 11.3 Å². The summed E-state index contributed by atoms with van der Waals surface area (Å²) in [6.45, 7) is 4.78. The maximum absolute atomic E-state index is 2.59. The van der Waals surface area contributed by atoms with Crippen LogP contribution >= 0.6 is 34.2 Å². The number of hydrogen-bond donors (Lipinski definition) is 0. The van der Waals surface area contributed by atoms with E-state index in [4.69, 9.17) is 0 Å². The van der Waals surface area contributed by atoms with Crippen molar-refractivity contribution in [2.75, 3.05) is 0 Å². The number of thiophene rings is 1. The van der Waals surface area contributed by atoms with Crippen molar-refractivity contribution < 1.29 is 0 Å². The number of benzene rings is 3. The molecule has 0 N–H and O–H groups in total. The molecule has 4 heteroatoms. The molecule has 4 aromatic heterocycles. The number of hydrogen-bond acceptors (Lipinski definition) is 1. The fraction of sp³-hybridized carbons (Fsp3) is 0.111. The molecule has 148 valence electrons. The summed E-state index contributed by atoms with van der Waals surface area (Å²) in [6.07, 6.45) is 0. The minimum atomic E-state index is -0.0238. The Kier molecular flexibility index (Phi) is 2.88. The molecule has 8 rings (SSSR count). The second-order valence-corrected chi connectivity index (χ2v) is 10.9. The molecule has 0 unspecified atom stereocenters. The third-order valence-electron chi connectivity index (χ3n) is 7.48. The summed E-state index contributed by atoms with van der Waals surface area (Å²) < 4.78 is 4.92. The lowest BCUT2D eigenvalue weighted by molar-refractivity contribution is 0.666. The number of nitrogens with zero attached hydrogens (tertiary/aromatic N) is 2. The molecule has 0 aliphatic heterocycles. The summed E-state index contributed by atoms with van der Waals surface area (Å²) in [5.41, 5.74) is 10.9. The highest BCUT2D eigenvalue weighted by Crippen LogP contribution is 2.55. The largest absolute Gasteiger partial charge is 0.307 e. The van der Waals surface area contributed by atoms with Gasteiger partial charge in [0.1, 0.15) is 0 Å². The van der Waals surface area contributed by atoms with E-state index < -0.39 is 0 Å². The van der Waals surface area contributed by atoms with E-state index in [0.717, 1.165) is 0 Å². The smallest absolute Gasteiger partial charge is 0.0648 e. The van der Waals surface area contributed by atoms with Crippen molar-refractivity contribution in [3.63, 3.8) is 0 Å². The molecular formula is C27H17IN2S. The minimum absolute atomic E-state index is 0.0238. The Bertz CT molecular complexity index is 1880. The van der Waals surface area contributed by atoms with Gasteiger partial charge in [0.15, 0.2) is 0 Å². The van der Waals surface area contributed by atoms with Gasteiger partial charge in [-0.15, -0.1) is 11.3 Å². The summed E-state index contributed by atoms with van der Waals surface area (Å²) in [6, 6.07) is 20.4. The van der Waals surface area contributed by atoms with E-state index in [9.17, 15) is 0 Å². The van der Waals surface area contributed by atoms with Crippen molar-refractivity contribution >= 4 is 83.2 Å². The molecule has 31 heavy (non-hydrogen) atoms. The number of halogens is 1. The van der Waals surface area contributed by atoms with E-state index >= 15 is 0 Å². The van der Waals surface area contributed by atoms with Gasteiger partial charge in [0.05, 0.1) is 50.6 Å². The van der Waals surface area contributed by atoms with Crippen molar-refractivity contribution in [1.82, 2.24) is 7.18 Å². The van der Waals surface area contributed by atoms with Gasteiger partial charge in [-0.25, -0.2) is 0 Å². The first-order chi connectivity index (χ1) is 15.1. The number of rotatable bonds is 0. The highest BCUT2D eigenvalue weighted by atomic mass is 127. The first-order valence-electron chi connectivity index (χ1n) is 10.6. The van der Waals surface area contributed by atoms with E-state index in [2.05, 4.69) is 109 Å². The van der Waals surface area contributed by atoms with Gasteiger partial charge >= 0.3 is 0 Å². The molecule has 0 spiro atoms. The molecule has 0 atom stereocenters. The Morgan fingerprint density at radius 3 is 2.52 bits per heavy atom. The van der Waals surface area contributed by atoms with E-state index in [1.165, 1.54) is 71.4 Å². The molecule has 0 fully saturated rings. The summed E-state index contributed by atoms with van der Waals surface area (Å²) >= 11 is 4.28. The van der Waals surface area contributed by atoms with Gasteiger partial charge in [0, 0.05) is 43.3 Å². The van der Waals surface area contributed by atoms with Crippen molar-refractivity contribution in [2.45, 2.75) is 19.3 Å². The topological polar surface area (TPSA) is 9.34 Å². The van der Waals surface area contributed by atoms with Gasteiger partial charge in [0.2, 0.25) is 0 Å². The van der Waals surface area contributed by atoms with Crippen molar-refractivity contribution in [3.8, 4) is 11.3 Å². The SMILES string of the molecule is CC1(C)c2ccccc2-c2c1c1ccc3c4c5c(cccc5n3I)c3cscc3n2c14. The Balaban J connectivity index is 1.84. The van der Waals surface area contributed by atoms with Crippen LogP contribution in [0.3, 0.4) is 0 Å². The van der Waals surface area contributed by atoms with Gasteiger partial charge in [-0.3, -0.25) is 2.78 Å². The maximum atomic E-state index is 2.59. The van der Waals surface area contributed by atoms with Crippen LogP contribution in [-0.4, -0.2) is 7.18 Å². The molecule has 0 amide bonds. The van der Waals surface area contributed by atoms with E-state index in [1.807, 2.05) is 0 Å². The zero-order valence-electron chi connectivity index (χ0n) is 17.0. The van der Waals surface area contributed by atoms with Gasteiger partial charge in [-0.1, -0.05) is 56.3 Å². The van der Waals surface area contributed by atoms with Crippen LogP contribution in [0.15, 0.2) is 65.4 Å². The van der Waals surface area contributed by atoms with Crippen LogP contribution < -0.4 is 0 Å². The fourth-order valence-corrected chi connectivity index (χ4v) is 7.88. The second-order valence-electron chi connectivity index (χ2n) is 9.24. The lowest BCUT2D eigenvalue weighted by atomic mass is 9.81. The predicted octanol–water partition coefficient (Wildman–Crippen LogP) is 8.36. The molecule has 7 aromatic rings. The van der Waals surface area contributed by atoms with E-state index in [0.29, 0.717) is 0 Å². The Morgan fingerprint density at radius 1 is 0.774 bits per heavy atom. The van der Waals surface area contributed by atoms with Crippen LogP contribution in [0.5, 0.6) is 0 Å². The van der Waals surface area contributed by atoms with Crippen molar-refractivity contribution in [3.05, 3.63) is 76.5 Å². The average molecular weight is 528 g/mol. The highest BCUT2D eigenvalue weighted by molar-refractivity contribution is 14.1. The molecule has 0 saturated carbocycles. The van der Waals surface area contributed by atoms with Crippen LogP contribution in [0, 0.1) is 0 Å². The van der Waals surface area contributed by atoms with Crippen molar-refractivity contribution in [2.24, 2.45) is 0 Å². The van der Waals surface area contributed by atoms with Crippen molar-refractivity contribution in [1.29, 1.82) is 0 Å². The molecule has 0 bridgehead atoms. The molecule has 0 radical (unpaired) electrons. The lowest BCUT2D eigenvalue weighted by Gasteiger charge is -2.21. The monoisotopic (exact) mass is 528 g/mol. The Labute approximate surface area is 196 Å². The second kappa shape index (κ2) is 5.25. The third-order valence-corrected chi connectivity index (χ3v) is 9.25. The molecule has 1 aliphatic rings. The first-order valence-corrected chi connectivity index (χ1v) is 12.5. The molecular weight excluding hydrogens is 511 g/mol. The number of fused-ring (bicyclic) bond motifs is 8. The fourth-order valence-electron chi connectivity index (χ4n) is 6.26. The minimum Gasteiger partial charge on any atom is -0.307 e. The van der Waals surface area contributed by atoms with Gasteiger partial charge in [-0.05, 0) is 28.6 Å². The normalized spacial score (nSPS) is 15.2. The van der Waals surface area contributed by atoms with Gasteiger partial charge in [0.25, 0.3) is 0 Å². The van der Waals surface area contributed by atoms with Crippen LogP contribution in [0.2, 0.25) is 0 Å². The molecule has 4 heterocycles. The average Bonchev–Trinajstić information content (AvgIpc) is 3.48. The van der Waals surface area contributed by atoms with Crippen LogP contribution in [0.1, 0.15) is 25.0 Å². The zero-order valence-corrected chi connectivity index (χ0v) is 20.0. The molecule has 2 nitrogen and oxygen atoms in total. The first kappa shape index (κ1) is 17.0. The zero-order chi connectivity index (χ0) is 20.6. The van der Waals surface area contributed by atoms with Gasteiger partial charge in [-0.2, -0.15) is 0 Å². The molecule has 0 saturated heterocycles.